The maximum atomic E-state index is 10.9. The fourth-order valence-electron chi connectivity index (χ4n) is 1.29. The Morgan fingerprint density at radius 2 is 2.17 bits per heavy atom. The van der Waals surface area contributed by atoms with Crippen LogP contribution >= 0.6 is 11.6 Å². The Balaban J connectivity index is 2.56. The minimum atomic E-state index is -2.96. The third-order valence-corrected chi connectivity index (χ3v) is 3.49. The van der Waals surface area contributed by atoms with Gasteiger partial charge in [0.15, 0.2) is 0 Å². The van der Waals surface area contributed by atoms with Gasteiger partial charge in [0.2, 0.25) is 0 Å². The molecule has 3 N–H and O–H groups in total. The van der Waals surface area contributed by atoms with Gasteiger partial charge in [-0.25, -0.2) is 8.42 Å². The molecule has 0 heterocycles. The van der Waals surface area contributed by atoms with Crippen LogP contribution in [0, 0.1) is 5.41 Å². The van der Waals surface area contributed by atoms with Crippen molar-refractivity contribution < 1.29 is 13.2 Å². The zero-order valence-electron chi connectivity index (χ0n) is 9.94. The molecule has 0 aromatic heterocycles. The zero-order valence-corrected chi connectivity index (χ0v) is 11.5. The SMILES string of the molecule is CS(=O)(=O)CCCOc1ccc(C(=N)N)cc1Cl. The Morgan fingerprint density at radius 3 is 2.67 bits per heavy atom. The Labute approximate surface area is 111 Å². The highest BCUT2D eigenvalue weighted by Crippen LogP contribution is 2.25. The van der Waals surface area contributed by atoms with E-state index >= 15 is 0 Å². The van der Waals surface area contributed by atoms with E-state index < -0.39 is 9.84 Å². The van der Waals surface area contributed by atoms with E-state index in [1.165, 1.54) is 12.3 Å². The van der Waals surface area contributed by atoms with Gasteiger partial charge in [0.25, 0.3) is 0 Å². The van der Waals surface area contributed by atoms with Crippen molar-refractivity contribution in [3.05, 3.63) is 28.8 Å². The minimum absolute atomic E-state index is 0.0690. The van der Waals surface area contributed by atoms with E-state index in [4.69, 9.17) is 27.5 Å². The summed E-state index contributed by atoms with van der Waals surface area (Å²) in [6.07, 6.45) is 1.59. The largest absolute Gasteiger partial charge is 0.492 e. The Morgan fingerprint density at radius 1 is 1.50 bits per heavy atom. The third-order valence-electron chi connectivity index (χ3n) is 2.16. The van der Waals surface area contributed by atoms with Crippen molar-refractivity contribution in [2.75, 3.05) is 18.6 Å². The first-order valence-electron chi connectivity index (χ1n) is 5.24. The molecule has 1 rings (SSSR count). The number of hydrogen-bond acceptors (Lipinski definition) is 4. The van der Waals surface area contributed by atoms with Crippen LogP contribution in [0.5, 0.6) is 5.75 Å². The van der Waals surface area contributed by atoms with Crippen molar-refractivity contribution in [3.8, 4) is 5.75 Å². The first-order valence-corrected chi connectivity index (χ1v) is 7.68. The topological polar surface area (TPSA) is 93.2 Å². The highest BCUT2D eigenvalue weighted by molar-refractivity contribution is 7.90. The Hall–Kier alpha value is -1.27. The van der Waals surface area contributed by atoms with E-state index in [2.05, 4.69) is 0 Å². The quantitative estimate of drug-likeness (QED) is 0.471. The molecule has 0 aliphatic rings. The predicted octanol–water partition coefficient (Wildman–Crippen LogP) is 1.44. The highest BCUT2D eigenvalue weighted by Gasteiger charge is 2.06. The number of halogens is 1. The van der Waals surface area contributed by atoms with Crippen molar-refractivity contribution in [1.29, 1.82) is 5.41 Å². The maximum Gasteiger partial charge on any atom is 0.147 e. The molecule has 0 amide bonds. The van der Waals surface area contributed by atoms with Crippen molar-refractivity contribution in [2.45, 2.75) is 6.42 Å². The fourth-order valence-corrected chi connectivity index (χ4v) is 2.17. The molecule has 0 aliphatic heterocycles. The third kappa shape index (κ3) is 4.93. The number of sulfone groups is 1. The van der Waals surface area contributed by atoms with Crippen LogP contribution in [0.15, 0.2) is 18.2 Å². The first-order chi connectivity index (χ1) is 8.29. The summed E-state index contributed by atoms with van der Waals surface area (Å²) in [4.78, 5) is 0. The number of nitrogens with two attached hydrogens (primary N) is 1. The van der Waals surface area contributed by atoms with Crippen molar-refractivity contribution >= 4 is 27.3 Å². The van der Waals surface area contributed by atoms with Gasteiger partial charge in [-0.3, -0.25) is 5.41 Å². The number of amidine groups is 1. The van der Waals surface area contributed by atoms with Gasteiger partial charge in [0, 0.05) is 11.8 Å². The second-order valence-corrected chi connectivity index (χ2v) is 6.56. The molecule has 0 fully saturated rings. The smallest absolute Gasteiger partial charge is 0.147 e. The van der Waals surface area contributed by atoms with Crippen LogP contribution in [0.2, 0.25) is 5.02 Å². The standard InChI is InChI=1S/C11H15ClN2O3S/c1-18(15,16)6-2-5-17-10-4-3-8(11(13)14)7-9(10)12/h3-4,7H,2,5-6H2,1H3,(H3,13,14). The van der Waals surface area contributed by atoms with Crippen LogP contribution in [0.1, 0.15) is 12.0 Å². The van der Waals surface area contributed by atoms with E-state index in [0.717, 1.165) is 0 Å². The molecule has 1 aromatic rings. The number of rotatable bonds is 6. The normalized spacial score (nSPS) is 11.2. The average molecular weight is 291 g/mol. The van der Waals surface area contributed by atoms with E-state index in [0.29, 0.717) is 22.8 Å². The van der Waals surface area contributed by atoms with Gasteiger partial charge in [-0.05, 0) is 24.6 Å². The molecule has 0 atom stereocenters. The summed E-state index contributed by atoms with van der Waals surface area (Å²) in [5, 5.41) is 7.60. The molecule has 0 radical (unpaired) electrons. The molecule has 1 aromatic carbocycles. The van der Waals surface area contributed by atoms with E-state index in [1.54, 1.807) is 12.1 Å². The Kier molecular flexibility index (Phi) is 4.98. The molecule has 0 bridgehead atoms. The molecule has 0 aliphatic carbocycles. The van der Waals surface area contributed by atoms with Gasteiger partial charge in [0.05, 0.1) is 17.4 Å². The lowest BCUT2D eigenvalue weighted by Crippen LogP contribution is -2.11. The van der Waals surface area contributed by atoms with Gasteiger partial charge in [-0.1, -0.05) is 11.6 Å². The molecule has 0 saturated carbocycles. The second kappa shape index (κ2) is 6.06. The summed E-state index contributed by atoms with van der Waals surface area (Å²) in [5.41, 5.74) is 5.84. The monoisotopic (exact) mass is 290 g/mol. The van der Waals surface area contributed by atoms with Crippen LogP contribution in [0.4, 0.5) is 0 Å². The summed E-state index contributed by atoms with van der Waals surface area (Å²) in [7, 11) is -2.96. The Bertz CT molecular complexity index is 543. The van der Waals surface area contributed by atoms with Gasteiger partial charge >= 0.3 is 0 Å². The van der Waals surface area contributed by atoms with Crippen LogP contribution < -0.4 is 10.5 Å². The maximum absolute atomic E-state index is 10.9. The lowest BCUT2D eigenvalue weighted by atomic mass is 10.2. The minimum Gasteiger partial charge on any atom is -0.492 e. The number of benzene rings is 1. The van der Waals surface area contributed by atoms with Crippen LogP contribution in [-0.2, 0) is 9.84 Å². The fraction of sp³-hybridized carbons (Fsp3) is 0.364. The molecule has 18 heavy (non-hydrogen) atoms. The highest BCUT2D eigenvalue weighted by atomic mass is 35.5. The molecular formula is C11H15ClN2O3S. The van der Waals surface area contributed by atoms with Gasteiger partial charge in [-0.2, -0.15) is 0 Å². The number of hydrogen-bond donors (Lipinski definition) is 2. The molecule has 0 spiro atoms. The average Bonchev–Trinajstić information content (AvgIpc) is 2.24. The molecular weight excluding hydrogens is 276 g/mol. The molecule has 100 valence electrons. The predicted molar refractivity (Wildman–Crippen MR) is 72.3 cm³/mol. The molecule has 5 nitrogen and oxygen atoms in total. The molecule has 0 unspecified atom stereocenters. The van der Waals surface area contributed by atoms with Crippen molar-refractivity contribution in [2.24, 2.45) is 5.73 Å². The van der Waals surface area contributed by atoms with Crippen LogP contribution in [0.3, 0.4) is 0 Å². The van der Waals surface area contributed by atoms with Crippen molar-refractivity contribution in [3.63, 3.8) is 0 Å². The van der Waals surface area contributed by atoms with Crippen LogP contribution in [0.25, 0.3) is 0 Å². The lowest BCUT2D eigenvalue weighted by molar-refractivity contribution is 0.318. The van der Waals surface area contributed by atoms with Crippen LogP contribution in [-0.4, -0.2) is 32.9 Å². The zero-order chi connectivity index (χ0) is 13.8. The summed E-state index contributed by atoms with van der Waals surface area (Å²) >= 11 is 5.95. The van der Waals surface area contributed by atoms with E-state index in [9.17, 15) is 8.42 Å². The number of nitrogen functional groups attached to an aromatic ring is 1. The summed E-state index contributed by atoms with van der Waals surface area (Å²) in [5.74, 6) is 0.464. The first kappa shape index (κ1) is 14.8. The second-order valence-electron chi connectivity index (χ2n) is 3.89. The molecule has 7 heteroatoms. The summed E-state index contributed by atoms with van der Waals surface area (Å²) < 4.78 is 27.2. The van der Waals surface area contributed by atoms with Gasteiger partial charge < -0.3 is 10.5 Å². The van der Waals surface area contributed by atoms with Gasteiger partial charge in [-0.15, -0.1) is 0 Å². The number of nitrogens with one attached hydrogen (secondary N) is 1. The summed E-state index contributed by atoms with van der Waals surface area (Å²) in [6.45, 7) is 0.270. The molecule has 0 saturated heterocycles. The van der Waals surface area contributed by atoms with E-state index in [1.807, 2.05) is 0 Å². The van der Waals surface area contributed by atoms with Crippen molar-refractivity contribution in [1.82, 2.24) is 0 Å². The summed E-state index contributed by atoms with van der Waals surface area (Å²) in [6, 6.07) is 4.77. The van der Waals surface area contributed by atoms with E-state index in [-0.39, 0.29) is 18.2 Å². The number of ether oxygens (including phenoxy) is 1. The van der Waals surface area contributed by atoms with Gasteiger partial charge in [0.1, 0.15) is 21.4 Å². The lowest BCUT2D eigenvalue weighted by Gasteiger charge is -2.08.